The number of nitrogens with one attached hydrogen (secondary N) is 1. The Morgan fingerprint density at radius 3 is 2.68 bits per heavy atom. The number of H-pyrrole nitrogens is 1. The van der Waals surface area contributed by atoms with Gasteiger partial charge in [0.15, 0.2) is 0 Å². The minimum atomic E-state index is -0.878. The number of carbonyl (C=O) groups is 2. The van der Waals surface area contributed by atoms with E-state index in [1.807, 2.05) is 19.1 Å². The van der Waals surface area contributed by atoms with Crippen LogP contribution in [-0.2, 0) is 16.0 Å². The molecule has 0 aliphatic carbocycles. The molecule has 1 aromatic heterocycles. The lowest BCUT2D eigenvalue weighted by molar-refractivity contribution is -0.142. The fraction of sp³-hybridized carbons (Fsp3) is 0.389. The van der Waals surface area contributed by atoms with Gasteiger partial charge in [-0.25, -0.2) is 4.98 Å². The maximum atomic E-state index is 12.7. The number of hydrogen-bond donors (Lipinski definition) is 2. The Morgan fingerprint density at radius 1 is 1.36 bits per heavy atom. The number of amides is 1. The maximum absolute atomic E-state index is 12.7. The van der Waals surface area contributed by atoms with E-state index in [4.69, 9.17) is 11.6 Å². The van der Waals surface area contributed by atoms with Gasteiger partial charge in [-0.3, -0.25) is 9.59 Å². The Kier molecular flexibility index (Phi) is 5.08. The first-order valence-corrected chi connectivity index (χ1v) is 8.57. The molecule has 25 heavy (non-hydrogen) atoms. The van der Waals surface area contributed by atoms with E-state index < -0.39 is 11.9 Å². The van der Waals surface area contributed by atoms with E-state index in [0.29, 0.717) is 18.0 Å². The van der Waals surface area contributed by atoms with Crippen LogP contribution in [0.4, 0.5) is 0 Å². The molecule has 0 spiro atoms. The summed E-state index contributed by atoms with van der Waals surface area (Å²) in [6.45, 7) is 2.49. The Hall–Kier alpha value is -2.34. The summed E-state index contributed by atoms with van der Waals surface area (Å²) in [6, 6.07) is 7.18. The molecule has 1 aliphatic rings. The number of carboxylic acids is 1. The number of carbonyl (C=O) groups excluding carboxylic acids is 1. The van der Waals surface area contributed by atoms with Gasteiger partial charge in [-0.05, 0) is 17.7 Å². The van der Waals surface area contributed by atoms with E-state index in [1.54, 1.807) is 29.6 Å². The van der Waals surface area contributed by atoms with Crippen LogP contribution in [-0.4, -0.2) is 44.9 Å². The Balaban J connectivity index is 1.73. The van der Waals surface area contributed by atoms with Gasteiger partial charge >= 0.3 is 5.97 Å². The van der Waals surface area contributed by atoms with Gasteiger partial charge in [-0.2, -0.15) is 0 Å². The molecule has 3 rings (SSSR count). The molecular weight excluding hydrogens is 342 g/mol. The monoisotopic (exact) mass is 361 g/mol. The van der Waals surface area contributed by atoms with E-state index in [9.17, 15) is 14.7 Å². The molecule has 1 aliphatic heterocycles. The van der Waals surface area contributed by atoms with Gasteiger partial charge in [0.1, 0.15) is 0 Å². The van der Waals surface area contributed by atoms with Crippen LogP contribution in [0.5, 0.6) is 0 Å². The molecular formula is C18H20ClN3O3. The van der Waals surface area contributed by atoms with Gasteiger partial charge in [0, 0.05) is 48.3 Å². The molecule has 1 aromatic carbocycles. The highest BCUT2D eigenvalue weighted by Gasteiger charge is 2.41. The third-order valence-corrected chi connectivity index (χ3v) is 5.00. The van der Waals surface area contributed by atoms with Crippen molar-refractivity contribution in [2.45, 2.75) is 19.3 Å². The second kappa shape index (κ2) is 7.27. The summed E-state index contributed by atoms with van der Waals surface area (Å²) < 4.78 is 0. The third-order valence-electron chi connectivity index (χ3n) is 4.75. The van der Waals surface area contributed by atoms with Gasteiger partial charge in [0.2, 0.25) is 5.91 Å². The fourth-order valence-corrected chi connectivity index (χ4v) is 3.53. The Morgan fingerprint density at radius 2 is 2.08 bits per heavy atom. The van der Waals surface area contributed by atoms with Crippen molar-refractivity contribution in [3.05, 3.63) is 53.1 Å². The number of benzene rings is 1. The summed E-state index contributed by atoms with van der Waals surface area (Å²) in [5, 5.41) is 10.2. The summed E-state index contributed by atoms with van der Waals surface area (Å²) in [7, 11) is 0. The number of aromatic nitrogens is 2. The fourth-order valence-electron chi connectivity index (χ4n) is 3.41. The lowest BCUT2D eigenvalue weighted by Crippen LogP contribution is -2.35. The van der Waals surface area contributed by atoms with Gasteiger partial charge in [-0.1, -0.05) is 30.7 Å². The van der Waals surface area contributed by atoms with E-state index in [1.165, 1.54) is 0 Å². The van der Waals surface area contributed by atoms with Crippen LogP contribution >= 0.6 is 11.6 Å². The molecule has 1 saturated heterocycles. The normalized spacial score (nSPS) is 21.3. The average Bonchev–Trinajstić information content (AvgIpc) is 3.24. The standard InChI is InChI=1S/C18H20ClN3O3/c1-11(6-14-7-20-10-21-14)17(23)22-8-15(16(9-22)18(24)25)12-2-4-13(19)5-3-12/h2-5,7,10-11,15-16H,6,8-9H2,1H3,(H,20,21)(H,24,25)/t11?,15-,16+/m0/s1. The zero-order valence-corrected chi connectivity index (χ0v) is 14.6. The highest BCUT2D eigenvalue weighted by Crippen LogP contribution is 2.34. The molecule has 2 heterocycles. The first-order valence-electron chi connectivity index (χ1n) is 8.20. The summed E-state index contributed by atoms with van der Waals surface area (Å²) in [5.41, 5.74) is 1.79. The lowest BCUT2D eigenvalue weighted by Gasteiger charge is -2.20. The van der Waals surface area contributed by atoms with Crippen molar-refractivity contribution in [2.75, 3.05) is 13.1 Å². The molecule has 1 amide bonds. The predicted octanol–water partition coefficient (Wildman–Crippen LogP) is 2.57. The van der Waals surface area contributed by atoms with E-state index in [2.05, 4.69) is 9.97 Å². The van der Waals surface area contributed by atoms with Crippen molar-refractivity contribution in [3.8, 4) is 0 Å². The highest BCUT2D eigenvalue weighted by molar-refractivity contribution is 6.30. The number of aromatic amines is 1. The van der Waals surface area contributed by atoms with Crippen LogP contribution in [0.1, 0.15) is 24.1 Å². The third kappa shape index (κ3) is 3.85. The Labute approximate surface area is 150 Å². The number of carboxylic acid groups (broad SMARTS) is 1. The Bertz CT molecular complexity index is 745. The molecule has 1 unspecified atom stereocenters. The zero-order valence-electron chi connectivity index (χ0n) is 13.9. The molecule has 2 N–H and O–H groups in total. The number of likely N-dealkylation sites (tertiary alicyclic amines) is 1. The maximum Gasteiger partial charge on any atom is 0.308 e. The topological polar surface area (TPSA) is 86.3 Å². The SMILES string of the molecule is CC(Cc1cnc[nH]1)C(=O)N1C[C@@H](C(=O)O)[C@H](c2ccc(Cl)cc2)C1. The van der Waals surface area contributed by atoms with Crippen molar-refractivity contribution in [2.24, 2.45) is 11.8 Å². The van der Waals surface area contributed by atoms with Crippen molar-refractivity contribution < 1.29 is 14.7 Å². The first-order chi connectivity index (χ1) is 12.0. The van der Waals surface area contributed by atoms with Gasteiger partial charge in [-0.15, -0.1) is 0 Å². The largest absolute Gasteiger partial charge is 0.481 e. The first kappa shape index (κ1) is 17.5. The summed E-state index contributed by atoms with van der Waals surface area (Å²) >= 11 is 5.92. The van der Waals surface area contributed by atoms with Gasteiger partial charge < -0.3 is 15.0 Å². The van der Waals surface area contributed by atoms with Gasteiger partial charge in [0.25, 0.3) is 0 Å². The second-order valence-corrected chi connectivity index (χ2v) is 6.96. The molecule has 0 bridgehead atoms. The van der Waals surface area contributed by atoms with Gasteiger partial charge in [0.05, 0.1) is 12.2 Å². The van der Waals surface area contributed by atoms with Crippen molar-refractivity contribution >= 4 is 23.5 Å². The van der Waals surface area contributed by atoms with Crippen LogP contribution < -0.4 is 0 Å². The number of imidazole rings is 1. The molecule has 0 saturated carbocycles. The minimum Gasteiger partial charge on any atom is -0.481 e. The van der Waals surface area contributed by atoms with Crippen molar-refractivity contribution in [1.82, 2.24) is 14.9 Å². The quantitative estimate of drug-likeness (QED) is 0.857. The van der Waals surface area contributed by atoms with Crippen molar-refractivity contribution in [3.63, 3.8) is 0 Å². The number of hydrogen-bond acceptors (Lipinski definition) is 3. The highest BCUT2D eigenvalue weighted by atomic mass is 35.5. The molecule has 0 radical (unpaired) electrons. The zero-order chi connectivity index (χ0) is 18.0. The number of aliphatic carboxylic acids is 1. The second-order valence-electron chi connectivity index (χ2n) is 6.53. The molecule has 3 atom stereocenters. The summed E-state index contributed by atoms with van der Waals surface area (Å²) in [4.78, 5) is 33.0. The predicted molar refractivity (Wildman–Crippen MR) is 93.4 cm³/mol. The molecule has 1 fully saturated rings. The van der Waals surface area contributed by atoms with Crippen molar-refractivity contribution in [1.29, 1.82) is 0 Å². The number of rotatable bonds is 5. The van der Waals surface area contributed by atoms with E-state index in [0.717, 1.165) is 11.3 Å². The minimum absolute atomic E-state index is 0.0303. The average molecular weight is 362 g/mol. The smallest absolute Gasteiger partial charge is 0.308 e. The molecule has 7 heteroatoms. The lowest BCUT2D eigenvalue weighted by atomic mass is 9.89. The number of nitrogens with zero attached hydrogens (tertiary/aromatic N) is 2. The van der Waals surface area contributed by atoms with E-state index >= 15 is 0 Å². The van der Waals surface area contributed by atoms with Crippen LogP contribution in [0.2, 0.25) is 5.02 Å². The number of halogens is 1. The summed E-state index contributed by atoms with van der Waals surface area (Å²) in [5.74, 6) is -1.98. The van der Waals surface area contributed by atoms with Crippen LogP contribution in [0.3, 0.4) is 0 Å². The summed E-state index contributed by atoms with van der Waals surface area (Å²) in [6.07, 6.45) is 3.84. The molecule has 6 nitrogen and oxygen atoms in total. The van der Waals surface area contributed by atoms with Crippen LogP contribution in [0.25, 0.3) is 0 Å². The van der Waals surface area contributed by atoms with Crippen LogP contribution in [0, 0.1) is 11.8 Å². The molecule has 132 valence electrons. The van der Waals surface area contributed by atoms with E-state index in [-0.39, 0.29) is 24.3 Å². The molecule has 2 aromatic rings. The van der Waals surface area contributed by atoms with Crippen LogP contribution in [0.15, 0.2) is 36.8 Å².